The summed E-state index contributed by atoms with van der Waals surface area (Å²) in [5.74, 6) is 1.52. The molecule has 0 radical (unpaired) electrons. The monoisotopic (exact) mass is 562 g/mol. The molecule has 1 aliphatic heterocycles. The molecule has 4 rings (SSSR count). The smallest absolute Gasteiger partial charge is 0.242 e. The van der Waals surface area contributed by atoms with Gasteiger partial charge in [0.05, 0.1) is 12.0 Å². The van der Waals surface area contributed by atoms with Crippen molar-refractivity contribution in [1.82, 2.24) is 9.21 Å². The molecule has 5 nitrogen and oxygen atoms in total. The molecule has 3 aromatic carbocycles. The highest BCUT2D eigenvalue weighted by Gasteiger charge is 2.27. The third-order valence-corrected chi connectivity index (χ3v) is 9.28. The first kappa shape index (κ1) is 29.5. The molecule has 1 atom stereocenters. The fraction of sp³-hybridized carbons (Fsp3) is 0.379. The van der Waals surface area contributed by atoms with Crippen LogP contribution in [0.2, 0.25) is 5.02 Å². The van der Waals surface area contributed by atoms with Crippen LogP contribution in [0.25, 0.3) is 0 Å². The van der Waals surface area contributed by atoms with Crippen LogP contribution in [0.15, 0.2) is 83.8 Å². The second kappa shape index (κ2) is 13.6. The Labute approximate surface area is 232 Å². The summed E-state index contributed by atoms with van der Waals surface area (Å²) in [5.41, 5.74) is 2.37. The topological polar surface area (TPSA) is 49.9 Å². The molecule has 3 aromatic rings. The van der Waals surface area contributed by atoms with Crippen LogP contribution < -0.4 is 4.74 Å². The van der Waals surface area contributed by atoms with Gasteiger partial charge in [-0.15, -0.1) is 12.4 Å². The van der Waals surface area contributed by atoms with E-state index in [2.05, 4.69) is 17.0 Å². The van der Waals surface area contributed by atoms with Crippen LogP contribution in [-0.4, -0.2) is 58.0 Å². The first-order valence-electron chi connectivity index (χ1n) is 12.5. The third kappa shape index (κ3) is 7.49. The largest absolute Gasteiger partial charge is 0.496 e. The number of likely N-dealkylation sites (N-methyl/N-ethyl adjacent to an activating group) is 1. The lowest BCUT2D eigenvalue weighted by Crippen LogP contribution is -2.36. The van der Waals surface area contributed by atoms with E-state index in [0.29, 0.717) is 22.4 Å². The highest BCUT2D eigenvalue weighted by molar-refractivity contribution is 7.89. The zero-order valence-corrected chi connectivity index (χ0v) is 23.8. The standard InChI is InChI=1S/C29H35ClN2O3S.ClH/c1-31(36(33,34)27-11-4-3-5-12-27)22-25(24-9-8-10-26(30)21-24)17-20-32-18-15-23(16-19-32)28-13-6-7-14-29(28)35-2;/h3-14,21,23,25H,15-20,22H2,1-2H3;1H/t25-;/m1./s1. The highest BCUT2D eigenvalue weighted by Crippen LogP contribution is 2.34. The van der Waals surface area contributed by atoms with Gasteiger partial charge in [-0.05, 0) is 92.2 Å². The van der Waals surface area contributed by atoms with E-state index in [1.165, 1.54) is 9.87 Å². The van der Waals surface area contributed by atoms with E-state index < -0.39 is 10.0 Å². The Bertz CT molecular complexity index is 1230. The number of rotatable bonds is 10. The molecule has 8 heteroatoms. The van der Waals surface area contributed by atoms with Gasteiger partial charge < -0.3 is 9.64 Å². The number of ether oxygens (including phenoxy) is 1. The number of hydrogen-bond donors (Lipinski definition) is 0. The Morgan fingerprint density at radius 2 is 1.68 bits per heavy atom. The van der Waals surface area contributed by atoms with E-state index in [1.54, 1.807) is 38.4 Å². The van der Waals surface area contributed by atoms with Crippen LogP contribution >= 0.6 is 24.0 Å². The Hall–Kier alpha value is -2.09. The maximum Gasteiger partial charge on any atom is 0.242 e. The van der Waals surface area contributed by atoms with Gasteiger partial charge in [-0.3, -0.25) is 0 Å². The van der Waals surface area contributed by atoms with E-state index >= 15 is 0 Å². The number of methoxy groups -OCH3 is 1. The highest BCUT2D eigenvalue weighted by atomic mass is 35.5. The summed E-state index contributed by atoms with van der Waals surface area (Å²) in [6.07, 6.45) is 3.03. The molecular weight excluding hydrogens is 527 g/mol. The Kier molecular flexibility index (Phi) is 10.9. The first-order valence-corrected chi connectivity index (χ1v) is 14.3. The first-order chi connectivity index (χ1) is 17.4. The third-order valence-electron chi connectivity index (χ3n) is 7.21. The molecule has 0 aromatic heterocycles. The number of halogens is 2. The van der Waals surface area contributed by atoms with Gasteiger partial charge >= 0.3 is 0 Å². The molecule has 200 valence electrons. The fourth-order valence-electron chi connectivity index (χ4n) is 5.11. The predicted molar refractivity (Wildman–Crippen MR) is 154 cm³/mol. The molecule has 1 saturated heterocycles. The molecule has 0 aliphatic carbocycles. The van der Waals surface area contributed by atoms with E-state index in [4.69, 9.17) is 16.3 Å². The number of sulfonamides is 1. The van der Waals surface area contributed by atoms with Gasteiger partial charge in [0.15, 0.2) is 0 Å². The number of benzene rings is 3. The summed E-state index contributed by atoms with van der Waals surface area (Å²) in [5, 5.41) is 0.670. The van der Waals surface area contributed by atoms with Crippen LogP contribution in [0.4, 0.5) is 0 Å². The van der Waals surface area contributed by atoms with Crippen molar-refractivity contribution in [2.45, 2.75) is 36.0 Å². The molecule has 37 heavy (non-hydrogen) atoms. The fourth-order valence-corrected chi connectivity index (χ4v) is 6.55. The summed E-state index contributed by atoms with van der Waals surface area (Å²) in [7, 11) is -0.165. The quantitative estimate of drug-likeness (QED) is 0.285. The molecule has 0 amide bonds. The normalized spacial score (nSPS) is 15.8. The van der Waals surface area contributed by atoms with E-state index in [1.807, 2.05) is 42.5 Å². The number of nitrogens with zero attached hydrogens (tertiary/aromatic N) is 2. The van der Waals surface area contributed by atoms with Crippen LogP contribution in [0.1, 0.15) is 42.2 Å². The minimum Gasteiger partial charge on any atom is -0.496 e. The van der Waals surface area contributed by atoms with Crippen LogP contribution in [0, 0.1) is 0 Å². The minimum atomic E-state index is -3.57. The Morgan fingerprint density at radius 1 is 1.00 bits per heavy atom. The molecule has 1 heterocycles. The van der Waals surface area contributed by atoms with E-state index in [-0.39, 0.29) is 18.3 Å². The maximum atomic E-state index is 13.2. The van der Waals surface area contributed by atoms with Crippen molar-refractivity contribution in [3.63, 3.8) is 0 Å². The molecule has 0 N–H and O–H groups in total. The second-order valence-corrected chi connectivity index (χ2v) is 12.0. The van der Waals surface area contributed by atoms with Gasteiger partial charge in [0.1, 0.15) is 5.75 Å². The van der Waals surface area contributed by atoms with Crippen molar-refractivity contribution in [1.29, 1.82) is 0 Å². The summed E-state index contributed by atoms with van der Waals surface area (Å²) < 4.78 is 33.4. The molecular formula is C29H36Cl2N2O3S. The van der Waals surface area contributed by atoms with Gasteiger partial charge in [0.2, 0.25) is 10.0 Å². The number of likely N-dealkylation sites (tertiary alicyclic amines) is 1. The average Bonchev–Trinajstić information content (AvgIpc) is 2.91. The summed E-state index contributed by atoms with van der Waals surface area (Å²) in [6.45, 7) is 3.34. The second-order valence-electron chi connectivity index (χ2n) is 9.50. The molecule has 0 spiro atoms. The SMILES string of the molecule is COc1ccccc1C1CCN(CC[C@H](CN(C)S(=O)(=O)c2ccccc2)c2cccc(Cl)c2)CC1.Cl. The van der Waals surface area contributed by atoms with Crippen molar-refractivity contribution in [3.8, 4) is 5.75 Å². The van der Waals surface area contributed by atoms with Crippen LogP contribution in [-0.2, 0) is 10.0 Å². The van der Waals surface area contributed by atoms with Crippen molar-refractivity contribution < 1.29 is 13.2 Å². The van der Waals surface area contributed by atoms with E-state index in [0.717, 1.165) is 50.2 Å². The van der Waals surface area contributed by atoms with Crippen molar-refractivity contribution in [3.05, 3.63) is 95.0 Å². The van der Waals surface area contributed by atoms with Crippen molar-refractivity contribution in [2.24, 2.45) is 0 Å². The lowest BCUT2D eigenvalue weighted by molar-refractivity contribution is 0.202. The zero-order valence-electron chi connectivity index (χ0n) is 21.4. The Morgan fingerprint density at radius 3 is 2.35 bits per heavy atom. The number of hydrogen-bond acceptors (Lipinski definition) is 4. The van der Waals surface area contributed by atoms with Crippen molar-refractivity contribution >= 4 is 34.0 Å². The molecule has 0 saturated carbocycles. The minimum absolute atomic E-state index is 0. The molecule has 0 bridgehead atoms. The summed E-state index contributed by atoms with van der Waals surface area (Å²) >= 11 is 6.31. The van der Waals surface area contributed by atoms with Gasteiger partial charge in [-0.25, -0.2) is 12.7 Å². The van der Waals surface area contributed by atoms with Crippen LogP contribution in [0.5, 0.6) is 5.75 Å². The Balaban J connectivity index is 0.00000380. The average molecular weight is 564 g/mol. The lowest BCUT2D eigenvalue weighted by Gasteiger charge is -2.34. The maximum absolute atomic E-state index is 13.2. The van der Waals surface area contributed by atoms with Gasteiger partial charge in [-0.2, -0.15) is 0 Å². The van der Waals surface area contributed by atoms with Gasteiger partial charge in [-0.1, -0.05) is 60.1 Å². The zero-order chi connectivity index (χ0) is 25.5. The molecule has 0 unspecified atom stereocenters. The van der Waals surface area contributed by atoms with E-state index in [9.17, 15) is 8.42 Å². The number of para-hydroxylation sites is 1. The van der Waals surface area contributed by atoms with Gasteiger partial charge in [0.25, 0.3) is 0 Å². The van der Waals surface area contributed by atoms with Crippen molar-refractivity contribution in [2.75, 3.05) is 40.3 Å². The number of piperidine rings is 1. The predicted octanol–water partition coefficient (Wildman–Crippen LogP) is 6.44. The molecule has 1 aliphatic rings. The summed E-state index contributed by atoms with van der Waals surface area (Å²) in [4.78, 5) is 2.81. The van der Waals surface area contributed by atoms with Crippen LogP contribution in [0.3, 0.4) is 0 Å². The lowest BCUT2D eigenvalue weighted by atomic mass is 9.88. The molecule has 1 fully saturated rings. The summed E-state index contributed by atoms with van der Waals surface area (Å²) in [6, 6.07) is 24.7. The van der Waals surface area contributed by atoms with Gasteiger partial charge in [0, 0.05) is 18.6 Å².